The average Bonchev–Trinajstić information content (AvgIpc) is 2.09. The minimum Gasteiger partial charge on any atom is -0.255 e. The highest BCUT2D eigenvalue weighted by Gasteiger charge is 2.30. The largest absolute Gasteiger partial charge is 0.384 e. The molecular weight excluding hydrogens is 231 g/mol. The molecule has 0 bridgehead atoms. The van der Waals surface area contributed by atoms with Crippen molar-refractivity contribution < 1.29 is 23.7 Å². The first-order chi connectivity index (χ1) is 6.97. The second-order valence-electron chi connectivity index (χ2n) is 5.47. The molecule has 5 nitrogen and oxygen atoms in total. The van der Waals surface area contributed by atoms with E-state index < -0.39 is 18.8 Å². The molecule has 0 aliphatic carbocycles. The second-order valence-corrected chi connectivity index (χ2v) is 7.62. The van der Waals surface area contributed by atoms with Gasteiger partial charge in [0.1, 0.15) is 0 Å². The summed E-state index contributed by atoms with van der Waals surface area (Å²) in [4.78, 5) is 9.96. The lowest BCUT2D eigenvalue weighted by molar-refractivity contribution is -0.326. The summed E-state index contributed by atoms with van der Waals surface area (Å²) >= 11 is 0. The number of hydrogen-bond donors (Lipinski definition) is 0. The Balaban J connectivity index is 4.28. The van der Waals surface area contributed by atoms with E-state index in [0.29, 0.717) is 0 Å². The van der Waals surface area contributed by atoms with E-state index in [9.17, 15) is 4.57 Å². The van der Waals surface area contributed by atoms with Gasteiger partial charge < -0.3 is 0 Å². The molecule has 6 heteroatoms. The molecule has 0 amide bonds. The van der Waals surface area contributed by atoms with E-state index >= 15 is 0 Å². The Kier molecular flexibility index (Phi) is 5.63. The number of rotatable bonds is 5. The summed E-state index contributed by atoms with van der Waals surface area (Å²) in [5.41, 5.74) is -1.09. The molecule has 0 rings (SSSR count). The molecule has 16 heavy (non-hydrogen) atoms. The van der Waals surface area contributed by atoms with E-state index in [1.54, 1.807) is 48.5 Å². The summed E-state index contributed by atoms with van der Waals surface area (Å²) in [5.74, 6) is 0. The van der Waals surface area contributed by atoms with E-state index in [2.05, 4.69) is 0 Å². The molecule has 0 aliphatic heterocycles. The molecule has 0 aromatic rings. The first-order valence-electron chi connectivity index (χ1n) is 5.31. The topological polar surface area (TPSA) is 54.0 Å². The van der Waals surface area contributed by atoms with Crippen LogP contribution in [0.5, 0.6) is 0 Å². The van der Waals surface area contributed by atoms with Crippen LogP contribution in [0.25, 0.3) is 0 Å². The molecule has 0 spiro atoms. The fourth-order valence-corrected chi connectivity index (χ4v) is 1.37. The van der Waals surface area contributed by atoms with Gasteiger partial charge in [-0.15, -0.1) is 9.35 Å². The summed E-state index contributed by atoms with van der Waals surface area (Å²) in [6, 6.07) is 0. The lowest BCUT2D eigenvalue weighted by Crippen LogP contribution is -2.22. The van der Waals surface area contributed by atoms with Gasteiger partial charge >= 0.3 is 7.60 Å². The minimum atomic E-state index is -3.34. The van der Waals surface area contributed by atoms with E-state index in [1.807, 2.05) is 0 Å². The van der Waals surface area contributed by atoms with Crippen LogP contribution in [0.4, 0.5) is 0 Å². The van der Waals surface area contributed by atoms with Crippen molar-refractivity contribution in [1.29, 1.82) is 0 Å². The lowest BCUT2D eigenvalue weighted by Gasteiger charge is -2.24. The van der Waals surface area contributed by atoms with Gasteiger partial charge in [0.05, 0.1) is 17.4 Å². The summed E-state index contributed by atoms with van der Waals surface area (Å²) < 4.78 is 21.7. The van der Waals surface area contributed by atoms with Crippen molar-refractivity contribution in [3.8, 4) is 0 Å². The molecule has 0 aromatic heterocycles. The molecule has 0 heterocycles. The van der Waals surface area contributed by atoms with Gasteiger partial charge in [0.15, 0.2) is 0 Å². The highest BCUT2D eigenvalue weighted by Crippen LogP contribution is 2.49. The standard InChI is InChI=1S/C10H23O5P/c1-8-16(11,14-12-9(2,3)4)15-13-10(5,6)7/h8H2,1-7H3. The molecule has 0 aliphatic rings. The SMILES string of the molecule is CCP(=O)(OOC(C)(C)C)OOC(C)(C)C. The van der Waals surface area contributed by atoms with Crippen LogP contribution in [0.1, 0.15) is 48.5 Å². The Bertz CT molecular complexity index is 229. The lowest BCUT2D eigenvalue weighted by atomic mass is 10.2. The van der Waals surface area contributed by atoms with Gasteiger partial charge in [-0.05, 0) is 41.5 Å². The molecule has 0 fully saturated rings. The maximum atomic E-state index is 12.0. The van der Waals surface area contributed by atoms with Crippen molar-refractivity contribution in [2.45, 2.75) is 59.7 Å². The van der Waals surface area contributed by atoms with Crippen LogP contribution >= 0.6 is 7.60 Å². The normalized spacial score (nSPS) is 14.2. The summed E-state index contributed by atoms with van der Waals surface area (Å²) in [6.45, 7) is 12.4. The zero-order chi connectivity index (χ0) is 13.0. The predicted octanol–water partition coefficient (Wildman–Crippen LogP) is 3.69. The zero-order valence-electron chi connectivity index (χ0n) is 11.2. The predicted molar refractivity (Wildman–Crippen MR) is 62.0 cm³/mol. The number of hydrogen-bond acceptors (Lipinski definition) is 5. The average molecular weight is 254 g/mol. The second kappa shape index (κ2) is 5.61. The van der Waals surface area contributed by atoms with Gasteiger partial charge in [0.2, 0.25) is 0 Å². The van der Waals surface area contributed by atoms with E-state index in [0.717, 1.165) is 0 Å². The summed E-state index contributed by atoms with van der Waals surface area (Å²) in [5, 5.41) is 0. The molecule has 0 saturated carbocycles. The van der Waals surface area contributed by atoms with Crippen LogP contribution in [0.2, 0.25) is 0 Å². The molecule has 0 N–H and O–H groups in total. The quantitative estimate of drug-likeness (QED) is 0.425. The van der Waals surface area contributed by atoms with Crippen molar-refractivity contribution in [2.75, 3.05) is 6.16 Å². The van der Waals surface area contributed by atoms with Gasteiger partial charge in [0.25, 0.3) is 0 Å². The Morgan fingerprint density at radius 2 is 1.19 bits per heavy atom. The monoisotopic (exact) mass is 254 g/mol. The Morgan fingerprint density at radius 3 is 1.38 bits per heavy atom. The van der Waals surface area contributed by atoms with Crippen LogP contribution in [0, 0.1) is 0 Å². The van der Waals surface area contributed by atoms with Gasteiger partial charge in [-0.25, -0.2) is 9.78 Å². The fourth-order valence-electron chi connectivity index (χ4n) is 0.455. The molecular formula is C10H23O5P. The van der Waals surface area contributed by atoms with Crippen LogP contribution in [-0.2, 0) is 23.7 Å². The molecule has 0 atom stereocenters. The highest BCUT2D eigenvalue weighted by atomic mass is 31.2. The van der Waals surface area contributed by atoms with Gasteiger partial charge in [-0.2, -0.15) is 0 Å². The Labute approximate surface area is 97.8 Å². The van der Waals surface area contributed by atoms with Crippen molar-refractivity contribution in [2.24, 2.45) is 0 Å². The van der Waals surface area contributed by atoms with E-state index in [-0.39, 0.29) is 6.16 Å². The van der Waals surface area contributed by atoms with Gasteiger partial charge in [0, 0.05) is 0 Å². The third-order valence-corrected chi connectivity index (χ3v) is 2.57. The van der Waals surface area contributed by atoms with Crippen molar-refractivity contribution >= 4 is 7.60 Å². The molecule has 0 aromatic carbocycles. The van der Waals surface area contributed by atoms with Crippen molar-refractivity contribution in [3.05, 3.63) is 0 Å². The van der Waals surface area contributed by atoms with Crippen LogP contribution in [-0.4, -0.2) is 17.4 Å². The smallest absolute Gasteiger partial charge is 0.255 e. The van der Waals surface area contributed by atoms with Crippen LogP contribution in [0.3, 0.4) is 0 Å². The molecule has 0 unspecified atom stereocenters. The van der Waals surface area contributed by atoms with Crippen molar-refractivity contribution in [3.63, 3.8) is 0 Å². The Hall–Kier alpha value is 0.0700. The fraction of sp³-hybridized carbons (Fsp3) is 1.00. The molecule has 98 valence electrons. The summed E-state index contributed by atoms with van der Waals surface area (Å²) in [6.07, 6.45) is 0.180. The first-order valence-corrected chi connectivity index (χ1v) is 7.04. The van der Waals surface area contributed by atoms with Crippen LogP contribution < -0.4 is 0 Å². The van der Waals surface area contributed by atoms with Crippen molar-refractivity contribution in [1.82, 2.24) is 0 Å². The molecule has 0 saturated heterocycles. The van der Waals surface area contributed by atoms with E-state index in [4.69, 9.17) is 19.1 Å². The van der Waals surface area contributed by atoms with Crippen LogP contribution in [0.15, 0.2) is 0 Å². The maximum Gasteiger partial charge on any atom is 0.384 e. The Morgan fingerprint density at radius 1 is 0.875 bits per heavy atom. The highest BCUT2D eigenvalue weighted by molar-refractivity contribution is 7.53. The third-order valence-electron chi connectivity index (χ3n) is 1.19. The minimum absolute atomic E-state index is 0.180. The van der Waals surface area contributed by atoms with E-state index in [1.165, 1.54) is 0 Å². The summed E-state index contributed by atoms with van der Waals surface area (Å²) in [7, 11) is -3.34. The third kappa shape index (κ3) is 8.25. The first kappa shape index (κ1) is 16.1. The van der Waals surface area contributed by atoms with Gasteiger partial charge in [-0.3, -0.25) is 4.57 Å². The zero-order valence-corrected chi connectivity index (χ0v) is 12.1. The maximum absolute atomic E-state index is 12.0. The molecule has 0 radical (unpaired) electrons. The van der Waals surface area contributed by atoms with Gasteiger partial charge in [-0.1, -0.05) is 6.92 Å².